The van der Waals surface area contributed by atoms with Crippen molar-refractivity contribution in [1.29, 1.82) is 0 Å². The van der Waals surface area contributed by atoms with Crippen LogP contribution >= 0.6 is 11.3 Å². The SMILES string of the molecule is CC(=O)N1CCC(NS(=O)(=O)c2cc(C)sc2C)CC1. The summed E-state index contributed by atoms with van der Waals surface area (Å²) in [6.45, 7) is 6.50. The Morgan fingerprint density at radius 1 is 1.35 bits per heavy atom. The molecule has 0 bridgehead atoms. The summed E-state index contributed by atoms with van der Waals surface area (Å²) in [5.41, 5.74) is 0. The van der Waals surface area contributed by atoms with Gasteiger partial charge in [0.2, 0.25) is 15.9 Å². The lowest BCUT2D eigenvalue weighted by molar-refractivity contribution is -0.129. The maximum atomic E-state index is 12.4. The molecule has 0 spiro atoms. The van der Waals surface area contributed by atoms with E-state index in [2.05, 4.69) is 4.72 Å². The summed E-state index contributed by atoms with van der Waals surface area (Å²) in [6.07, 6.45) is 1.34. The molecule has 1 aromatic rings. The third-order valence-electron chi connectivity index (χ3n) is 3.55. The van der Waals surface area contributed by atoms with E-state index in [1.165, 1.54) is 11.3 Å². The molecule has 5 nitrogen and oxygen atoms in total. The minimum Gasteiger partial charge on any atom is -0.343 e. The van der Waals surface area contributed by atoms with Crippen LogP contribution in [0.3, 0.4) is 0 Å². The Hall–Kier alpha value is -0.920. The number of aryl methyl sites for hydroxylation is 2. The van der Waals surface area contributed by atoms with Crippen molar-refractivity contribution < 1.29 is 13.2 Å². The van der Waals surface area contributed by atoms with Gasteiger partial charge >= 0.3 is 0 Å². The van der Waals surface area contributed by atoms with E-state index in [-0.39, 0.29) is 11.9 Å². The molecule has 1 saturated heterocycles. The molecule has 1 aromatic heterocycles. The number of thiophene rings is 1. The quantitative estimate of drug-likeness (QED) is 0.922. The molecule has 1 N–H and O–H groups in total. The Bertz CT molecular complexity index is 599. The van der Waals surface area contributed by atoms with Crippen molar-refractivity contribution in [3.63, 3.8) is 0 Å². The van der Waals surface area contributed by atoms with E-state index in [0.717, 1.165) is 9.75 Å². The van der Waals surface area contributed by atoms with Crippen LogP contribution in [0.25, 0.3) is 0 Å². The highest BCUT2D eigenvalue weighted by molar-refractivity contribution is 7.89. The van der Waals surface area contributed by atoms with Crippen molar-refractivity contribution in [2.24, 2.45) is 0 Å². The molecule has 0 radical (unpaired) electrons. The van der Waals surface area contributed by atoms with E-state index in [9.17, 15) is 13.2 Å². The molecule has 1 aliphatic heterocycles. The molecule has 0 aromatic carbocycles. The third kappa shape index (κ3) is 3.39. The molecular weight excluding hydrogens is 296 g/mol. The fourth-order valence-electron chi connectivity index (χ4n) is 2.47. The van der Waals surface area contributed by atoms with Crippen LogP contribution < -0.4 is 4.72 Å². The molecule has 2 rings (SSSR count). The first-order valence-electron chi connectivity index (χ1n) is 6.64. The zero-order valence-electron chi connectivity index (χ0n) is 12.0. The lowest BCUT2D eigenvalue weighted by atomic mass is 10.1. The Labute approximate surface area is 124 Å². The summed E-state index contributed by atoms with van der Waals surface area (Å²) in [6, 6.07) is 1.63. The van der Waals surface area contributed by atoms with Gasteiger partial charge in [0.25, 0.3) is 0 Å². The van der Waals surface area contributed by atoms with Crippen molar-refractivity contribution in [3.8, 4) is 0 Å². The average Bonchev–Trinajstić information content (AvgIpc) is 2.69. The average molecular weight is 316 g/mol. The predicted octanol–water partition coefficient (Wildman–Crippen LogP) is 1.65. The maximum absolute atomic E-state index is 12.4. The summed E-state index contributed by atoms with van der Waals surface area (Å²) in [4.78, 5) is 15.2. The van der Waals surface area contributed by atoms with E-state index < -0.39 is 10.0 Å². The van der Waals surface area contributed by atoms with Crippen LogP contribution in [-0.4, -0.2) is 38.4 Å². The molecule has 2 heterocycles. The lowest BCUT2D eigenvalue weighted by Crippen LogP contribution is -2.45. The second-order valence-corrected chi connectivity index (χ2v) is 8.32. The van der Waals surface area contributed by atoms with Crippen LogP contribution in [-0.2, 0) is 14.8 Å². The fraction of sp³-hybridized carbons (Fsp3) is 0.615. The topological polar surface area (TPSA) is 66.5 Å². The Kier molecular flexibility index (Phi) is 4.51. The summed E-state index contributed by atoms with van der Waals surface area (Å²) < 4.78 is 27.5. The second kappa shape index (κ2) is 5.83. The van der Waals surface area contributed by atoms with Crippen LogP contribution in [0.15, 0.2) is 11.0 Å². The van der Waals surface area contributed by atoms with Gasteiger partial charge in [-0.3, -0.25) is 4.79 Å². The Balaban J connectivity index is 2.03. The number of rotatable bonds is 3. The first-order chi connectivity index (χ1) is 9.29. The van der Waals surface area contributed by atoms with Gasteiger partial charge in [-0.2, -0.15) is 0 Å². The molecule has 20 heavy (non-hydrogen) atoms. The highest BCUT2D eigenvalue weighted by atomic mass is 32.2. The van der Waals surface area contributed by atoms with Gasteiger partial charge in [-0.05, 0) is 32.8 Å². The summed E-state index contributed by atoms with van der Waals surface area (Å²) >= 11 is 1.49. The summed E-state index contributed by atoms with van der Waals surface area (Å²) in [7, 11) is -3.45. The predicted molar refractivity (Wildman–Crippen MR) is 79.4 cm³/mol. The summed E-state index contributed by atoms with van der Waals surface area (Å²) in [5, 5.41) is 0. The number of hydrogen-bond acceptors (Lipinski definition) is 4. The van der Waals surface area contributed by atoms with Crippen LogP contribution in [0, 0.1) is 13.8 Å². The molecule has 0 aliphatic carbocycles. The van der Waals surface area contributed by atoms with E-state index in [1.807, 2.05) is 13.8 Å². The molecule has 1 amide bonds. The number of likely N-dealkylation sites (tertiary alicyclic amines) is 1. The monoisotopic (exact) mass is 316 g/mol. The molecule has 0 saturated carbocycles. The van der Waals surface area contributed by atoms with Crippen LogP contribution in [0.1, 0.15) is 29.5 Å². The van der Waals surface area contributed by atoms with Crippen LogP contribution in [0.5, 0.6) is 0 Å². The standard InChI is InChI=1S/C13H20N2O3S2/c1-9-8-13(10(2)19-9)20(17,18)14-12-4-6-15(7-5-12)11(3)16/h8,12,14H,4-7H2,1-3H3. The minimum absolute atomic E-state index is 0.0515. The fourth-order valence-corrected chi connectivity index (χ4v) is 5.33. The van der Waals surface area contributed by atoms with Gasteiger partial charge < -0.3 is 4.90 Å². The molecule has 7 heteroatoms. The number of amides is 1. The number of nitrogens with one attached hydrogen (secondary N) is 1. The van der Waals surface area contributed by atoms with Crippen molar-refractivity contribution in [1.82, 2.24) is 9.62 Å². The number of carbonyl (C=O) groups is 1. The number of hydrogen-bond donors (Lipinski definition) is 1. The first-order valence-corrected chi connectivity index (χ1v) is 8.94. The molecule has 1 aliphatic rings. The van der Waals surface area contributed by atoms with Gasteiger partial charge in [-0.25, -0.2) is 13.1 Å². The van der Waals surface area contributed by atoms with Crippen LogP contribution in [0.4, 0.5) is 0 Å². The molecule has 112 valence electrons. The molecule has 0 unspecified atom stereocenters. The third-order valence-corrected chi connectivity index (χ3v) is 6.29. The van der Waals surface area contributed by atoms with Gasteiger partial charge in [0.15, 0.2) is 0 Å². The number of piperidine rings is 1. The van der Waals surface area contributed by atoms with Crippen molar-refractivity contribution >= 4 is 27.3 Å². The van der Waals surface area contributed by atoms with Gasteiger partial charge in [0.1, 0.15) is 0 Å². The Morgan fingerprint density at radius 2 is 1.95 bits per heavy atom. The van der Waals surface area contributed by atoms with E-state index in [0.29, 0.717) is 30.8 Å². The Morgan fingerprint density at radius 3 is 2.40 bits per heavy atom. The van der Waals surface area contributed by atoms with Gasteiger partial charge in [-0.1, -0.05) is 0 Å². The van der Waals surface area contributed by atoms with Gasteiger partial charge in [0, 0.05) is 35.8 Å². The van der Waals surface area contributed by atoms with E-state index in [1.54, 1.807) is 17.9 Å². The molecule has 1 fully saturated rings. The smallest absolute Gasteiger partial charge is 0.241 e. The number of carbonyl (C=O) groups excluding carboxylic acids is 1. The zero-order chi connectivity index (χ0) is 14.9. The van der Waals surface area contributed by atoms with Crippen molar-refractivity contribution in [2.75, 3.05) is 13.1 Å². The van der Waals surface area contributed by atoms with Gasteiger partial charge in [-0.15, -0.1) is 11.3 Å². The zero-order valence-corrected chi connectivity index (χ0v) is 13.6. The van der Waals surface area contributed by atoms with E-state index in [4.69, 9.17) is 0 Å². The minimum atomic E-state index is -3.45. The first kappa shape index (κ1) is 15.5. The second-order valence-electron chi connectivity index (χ2n) is 5.18. The van der Waals surface area contributed by atoms with Crippen LogP contribution in [0.2, 0.25) is 0 Å². The maximum Gasteiger partial charge on any atom is 0.241 e. The van der Waals surface area contributed by atoms with E-state index >= 15 is 0 Å². The van der Waals surface area contributed by atoms with Crippen molar-refractivity contribution in [3.05, 3.63) is 15.8 Å². The van der Waals surface area contributed by atoms with Gasteiger partial charge in [0.05, 0.1) is 4.90 Å². The highest BCUT2D eigenvalue weighted by Gasteiger charge is 2.27. The molecular formula is C13H20N2O3S2. The number of sulfonamides is 1. The van der Waals surface area contributed by atoms with Crippen molar-refractivity contribution in [2.45, 2.75) is 44.6 Å². The highest BCUT2D eigenvalue weighted by Crippen LogP contribution is 2.25. The number of nitrogens with zero attached hydrogens (tertiary/aromatic N) is 1. The lowest BCUT2D eigenvalue weighted by Gasteiger charge is -2.31. The molecule has 0 atom stereocenters. The normalized spacial score (nSPS) is 17.4. The largest absolute Gasteiger partial charge is 0.343 e. The summed E-state index contributed by atoms with van der Waals surface area (Å²) in [5.74, 6) is 0.0515.